The second kappa shape index (κ2) is 10.9. The smallest absolute Gasteiger partial charge is 0.341 e. The Bertz CT molecular complexity index is 1280. The third-order valence-corrected chi connectivity index (χ3v) is 8.44. The highest BCUT2D eigenvalue weighted by atomic mass is 35.5. The number of thioether (sulfide) groups is 1. The first-order valence-corrected chi connectivity index (χ1v) is 13.2. The number of hydrogen-bond donors (Lipinski definition) is 1. The molecule has 0 bridgehead atoms. The Morgan fingerprint density at radius 1 is 1.21 bits per heavy atom. The molecular weight excluding hydrogens is 569 g/mol. The van der Waals surface area contributed by atoms with Crippen molar-refractivity contribution in [3.8, 4) is 6.07 Å². The minimum absolute atomic E-state index is 0.0745. The van der Waals surface area contributed by atoms with E-state index in [2.05, 4.69) is 15.3 Å². The number of hydrogen-bond acceptors (Lipinski definition) is 6. The number of nitrogens with zero attached hydrogens (tertiary/aromatic N) is 4. The molecule has 202 valence electrons. The van der Waals surface area contributed by atoms with Crippen LogP contribution < -0.4 is 5.32 Å². The molecule has 1 aliphatic heterocycles. The van der Waals surface area contributed by atoms with Gasteiger partial charge in [-0.1, -0.05) is 35.0 Å². The molecular formula is C24H21Cl2F4N5O2S. The number of amides is 2. The van der Waals surface area contributed by atoms with Gasteiger partial charge >= 0.3 is 6.18 Å². The van der Waals surface area contributed by atoms with Crippen molar-refractivity contribution in [3.63, 3.8) is 0 Å². The summed E-state index contributed by atoms with van der Waals surface area (Å²) >= 11 is 13.0. The standard InChI is InChI=1S/C19H15Cl2F4N3OS.C5H6N2O/c20-11-6-14(22)15(26-8-11)18(2-3-18)17(29)28-4-1-12(9-28)30-16-13(21)5-10(7-27-16)19(23,24)25;6-3-5(1-2-5)7-4-8/h5-8,12H,1-4,9H2;4H,1-2H2,(H,7,8). The van der Waals surface area contributed by atoms with Crippen LogP contribution >= 0.6 is 35.0 Å². The number of halogens is 6. The zero-order valence-electron chi connectivity index (χ0n) is 19.7. The summed E-state index contributed by atoms with van der Waals surface area (Å²) in [6, 6.07) is 4.01. The minimum atomic E-state index is -4.51. The number of aromatic nitrogens is 2. The molecule has 2 amide bonds. The van der Waals surface area contributed by atoms with Gasteiger partial charge in [-0.25, -0.2) is 9.37 Å². The maximum atomic E-state index is 14.3. The SMILES string of the molecule is N#CC1(NC=O)CC1.O=C(N1CCC(Sc2ncc(C(F)(F)F)cc2Cl)C1)C1(c2ncc(Cl)cc2F)CC1. The average Bonchev–Trinajstić information content (AvgIpc) is 3.78. The summed E-state index contributed by atoms with van der Waals surface area (Å²) in [6.45, 7) is 0.838. The van der Waals surface area contributed by atoms with Gasteiger partial charge in [-0.3, -0.25) is 14.6 Å². The van der Waals surface area contributed by atoms with Crippen LogP contribution in [-0.2, 0) is 21.2 Å². The Balaban J connectivity index is 0.000000360. The Hall–Kier alpha value is -2.62. The van der Waals surface area contributed by atoms with E-state index in [1.54, 1.807) is 4.90 Å². The fourth-order valence-corrected chi connectivity index (χ4v) is 5.63. The molecule has 0 radical (unpaired) electrons. The van der Waals surface area contributed by atoms with E-state index in [1.807, 2.05) is 6.07 Å². The molecule has 5 rings (SSSR count). The quantitative estimate of drug-likeness (QED) is 0.369. The lowest BCUT2D eigenvalue weighted by Gasteiger charge is -2.23. The van der Waals surface area contributed by atoms with Gasteiger partial charge in [0.2, 0.25) is 12.3 Å². The molecule has 2 aromatic heterocycles. The summed E-state index contributed by atoms with van der Waals surface area (Å²) in [5, 5.41) is 11.1. The van der Waals surface area contributed by atoms with Crippen molar-refractivity contribution in [1.29, 1.82) is 5.26 Å². The highest BCUT2D eigenvalue weighted by molar-refractivity contribution is 8.00. The monoisotopic (exact) mass is 589 g/mol. The molecule has 1 unspecified atom stereocenters. The highest BCUT2D eigenvalue weighted by Gasteiger charge is 2.56. The molecule has 0 spiro atoms. The van der Waals surface area contributed by atoms with Crippen LogP contribution in [0.5, 0.6) is 0 Å². The fourth-order valence-electron chi connectivity index (χ4n) is 4.11. The van der Waals surface area contributed by atoms with Crippen LogP contribution in [0.2, 0.25) is 10.0 Å². The summed E-state index contributed by atoms with van der Waals surface area (Å²) in [6.07, 6.45) is 1.41. The van der Waals surface area contributed by atoms with E-state index >= 15 is 0 Å². The number of carbonyl (C=O) groups excluding carboxylic acids is 2. The summed E-state index contributed by atoms with van der Waals surface area (Å²) < 4.78 is 52.6. The third-order valence-electron chi connectivity index (χ3n) is 6.56. The Morgan fingerprint density at radius 2 is 1.92 bits per heavy atom. The maximum Gasteiger partial charge on any atom is 0.417 e. The minimum Gasteiger partial charge on any atom is -0.341 e. The van der Waals surface area contributed by atoms with Gasteiger partial charge in [0.25, 0.3) is 0 Å². The summed E-state index contributed by atoms with van der Waals surface area (Å²) in [7, 11) is 0. The van der Waals surface area contributed by atoms with E-state index in [-0.39, 0.29) is 31.9 Å². The van der Waals surface area contributed by atoms with Gasteiger partial charge in [-0.05, 0) is 44.2 Å². The van der Waals surface area contributed by atoms with E-state index in [1.165, 1.54) is 18.0 Å². The normalized spacial score (nSPS) is 20.6. The molecule has 1 saturated heterocycles. The average molecular weight is 590 g/mol. The van der Waals surface area contributed by atoms with Crippen LogP contribution in [0.15, 0.2) is 29.6 Å². The van der Waals surface area contributed by atoms with Crippen molar-refractivity contribution < 1.29 is 27.2 Å². The van der Waals surface area contributed by atoms with Gasteiger partial charge < -0.3 is 10.2 Å². The summed E-state index contributed by atoms with van der Waals surface area (Å²) in [5.41, 5.74) is -2.23. The van der Waals surface area contributed by atoms with Gasteiger partial charge in [-0.2, -0.15) is 18.4 Å². The maximum absolute atomic E-state index is 14.3. The van der Waals surface area contributed by atoms with Gasteiger partial charge in [0, 0.05) is 30.7 Å². The fraction of sp³-hybridized carbons (Fsp3) is 0.458. The van der Waals surface area contributed by atoms with Gasteiger partial charge in [0.15, 0.2) is 0 Å². The highest BCUT2D eigenvalue weighted by Crippen LogP contribution is 2.50. The predicted molar refractivity (Wildman–Crippen MR) is 132 cm³/mol. The van der Waals surface area contributed by atoms with Crippen LogP contribution in [0.25, 0.3) is 0 Å². The third kappa shape index (κ3) is 6.16. The summed E-state index contributed by atoms with van der Waals surface area (Å²) in [4.78, 5) is 32.4. The van der Waals surface area contributed by atoms with Crippen LogP contribution in [0.1, 0.15) is 43.4 Å². The van der Waals surface area contributed by atoms with Crippen molar-refractivity contribution in [2.75, 3.05) is 13.1 Å². The van der Waals surface area contributed by atoms with Crippen molar-refractivity contribution in [2.45, 2.75) is 59.5 Å². The number of pyridine rings is 2. The first-order valence-electron chi connectivity index (χ1n) is 11.6. The van der Waals surface area contributed by atoms with E-state index in [4.69, 9.17) is 28.5 Å². The molecule has 3 fully saturated rings. The topological polar surface area (TPSA) is 99.0 Å². The zero-order valence-corrected chi connectivity index (χ0v) is 22.0. The molecule has 0 aromatic carbocycles. The Labute approximate surface area is 229 Å². The molecule has 14 heteroatoms. The molecule has 38 heavy (non-hydrogen) atoms. The van der Waals surface area contributed by atoms with Gasteiger partial charge in [0.1, 0.15) is 16.4 Å². The van der Waals surface area contributed by atoms with E-state index < -0.39 is 28.5 Å². The van der Waals surface area contributed by atoms with Crippen molar-refractivity contribution in [3.05, 3.63) is 51.6 Å². The molecule has 7 nitrogen and oxygen atoms in total. The van der Waals surface area contributed by atoms with Crippen molar-refractivity contribution in [1.82, 2.24) is 20.2 Å². The number of rotatable bonds is 6. The van der Waals surface area contributed by atoms with E-state index in [0.717, 1.165) is 31.2 Å². The predicted octanol–water partition coefficient (Wildman–Crippen LogP) is 5.15. The molecule has 1 N–H and O–H groups in total. The molecule has 2 aliphatic carbocycles. The molecule has 2 aromatic rings. The van der Waals surface area contributed by atoms with Crippen molar-refractivity contribution in [2.24, 2.45) is 0 Å². The van der Waals surface area contributed by atoms with Crippen LogP contribution in [0, 0.1) is 17.1 Å². The van der Waals surface area contributed by atoms with Crippen LogP contribution in [0.3, 0.4) is 0 Å². The second-order valence-electron chi connectivity index (χ2n) is 9.31. The first kappa shape index (κ1) is 28.4. The number of nitriles is 1. The van der Waals surface area contributed by atoms with Gasteiger partial charge in [0.05, 0.1) is 32.8 Å². The van der Waals surface area contributed by atoms with Crippen LogP contribution in [-0.4, -0.2) is 51.1 Å². The second-order valence-corrected chi connectivity index (χ2v) is 11.4. The molecule has 3 aliphatic rings. The van der Waals surface area contributed by atoms with Crippen LogP contribution in [0.4, 0.5) is 17.6 Å². The molecule has 2 saturated carbocycles. The van der Waals surface area contributed by atoms with Gasteiger partial charge in [-0.15, -0.1) is 0 Å². The molecule has 1 atom stereocenters. The Morgan fingerprint density at radius 3 is 2.42 bits per heavy atom. The number of likely N-dealkylation sites (tertiary alicyclic amines) is 1. The first-order chi connectivity index (χ1) is 17.9. The lowest BCUT2D eigenvalue weighted by Crippen LogP contribution is -2.39. The zero-order chi connectivity index (χ0) is 27.7. The number of carbonyl (C=O) groups is 2. The number of alkyl halides is 3. The largest absolute Gasteiger partial charge is 0.417 e. The molecule has 3 heterocycles. The lowest BCUT2D eigenvalue weighted by atomic mass is 9.99. The number of nitrogens with one attached hydrogen (secondary N) is 1. The van der Waals surface area contributed by atoms with Crippen molar-refractivity contribution >= 4 is 47.3 Å². The Kier molecular flexibility index (Phi) is 8.12. The lowest BCUT2D eigenvalue weighted by molar-refractivity contribution is -0.138. The van der Waals surface area contributed by atoms with E-state index in [9.17, 15) is 27.2 Å². The van der Waals surface area contributed by atoms with E-state index in [0.29, 0.717) is 38.8 Å². The summed E-state index contributed by atoms with van der Waals surface area (Å²) in [5.74, 6) is -0.787.